The van der Waals surface area contributed by atoms with Crippen molar-refractivity contribution in [1.29, 1.82) is 0 Å². The number of carbonyl (C=O) groups is 1. The predicted molar refractivity (Wildman–Crippen MR) is 70.2 cm³/mol. The quantitative estimate of drug-likeness (QED) is 0.769. The molecule has 1 aromatic carbocycles. The number of nitrogens with zero attached hydrogens (tertiary/aromatic N) is 1. The molecule has 0 amide bonds. The second-order valence-corrected chi connectivity index (χ2v) is 4.24. The van der Waals surface area contributed by atoms with E-state index in [1.165, 1.54) is 12.5 Å². The van der Waals surface area contributed by atoms with Crippen LogP contribution < -0.4 is 4.74 Å². The number of carbonyl (C=O) groups excluding carboxylic acids is 1. The lowest BCUT2D eigenvalue weighted by molar-refractivity contribution is 0.101. The van der Waals surface area contributed by atoms with E-state index in [1.807, 2.05) is 32.0 Å². The molecule has 18 heavy (non-hydrogen) atoms. The van der Waals surface area contributed by atoms with Crippen molar-refractivity contribution < 1.29 is 9.53 Å². The number of rotatable bonds is 3. The number of ether oxygens (including phenoxy) is 1. The smallest absolute Gasteiger partial charge is 0.178 e. The van der Waals surface area contributed by atoms with Crippen LogP contribution in [0.3, 0.4) is 0 Å². The summed E-state index contributed by atoms with van der Waals surface area (Å²) in [5.74, 6) is 1.40. The van der Waals surface area contributed by atoms with Crippen LogP contribution >= 0.6 is 0 Å². The Bertz CT molecular complexity index is 574. The van der Waals surface area contributed by atoms with Gasteiger partial charge < -0.3 is 4.74 Å². The molecule has 1 heterocycles. The number of hydrogen-bond donors (Lipinski definition) is 0. The van der Waals surface area contributed by atoms with Gasteiger partial charge in [-0.2, -0.15) is 0 Å². The molecule has 2 rings (SSSR count). The van der Waals surface area contributed by atoms with Gasteiger partial charge >= 0.3 is 0 Å². The van der Waals surface area contributed by atoms with Crippen molar-refractivity contribution >= 4 is 5.78 Å². The Kier molecular flexibility index (Phi) is 3.42. The second-order valence-electron chi connectivity index (χ2n) is 4.24. The Morgan fingerprint density at radius 3 is 2.56 bits per heavy atom. The molecule has 0 unspecified atom stereocenters. The third-order valence-corrected chi connectivity index (χ3v) is 2.88. The summed E-state index contributed by atoms with van der Waals surface area (Å²) in [4.78, 5) is 15.2. The fourth-order valence-electron chi connectivity index (χ4n) is 1.61. The van der Waals surface area contributed by atoms with Crippen LogP contribution in [0.5, 0.6) is 11.5 Å². The van der Waals surface area contributed by atoms with Crippen molar-refractivity contribution in [3.63, 3.8) is 0 Å². The van der Waals surface area contributed by atoms with Crippen LogP contribution in [0, 0.1) is 13.8 Å². The number of pyridine rings is 1. The van der Waals surface area contributed by atoms with E-state index in [9.17, 15) is 4.79 Å². The van der Waals surface area contributed by atoms with Crippen LogP contribution in [0.15, 0.2) is 36.5 Å². The predicted octanol–water partition coefficient (Wildman–Crippen LogP) is 3.69. The molecule has 0 aliphatic heterocycles. The highest BCUT2D eigenvalue weighted by molar-refractivity contribution is 5.92. The van der Waals surface area contributed by atoms with Gasteiger partial charge in [0.15, 0.2) is 5.78 Å². The Morgan fingerprint density at radius 1 is 1.17 bits per heavy atom. The molecule has 0 aliphatic rings. The highest BCUT2D eigenvalue weighted by atomic mass is 16.5. The van der Waals surface area contributed by atoms with E-state index in [0.29, 0.717) is 11.4 Å². The molecule has 0 saturated carbocycles. The molecule has 0 saturated heterocycles. The lowest BCUT2D eigenvalue weighted by atomic mass is 10.1. The number of benzene rings is 1. The van der Waals surface area contributed by atoms with Crippen molar-refractivity contribution in [3.8, 4) is 11.5 Å². The van der Waals surface area contributed by atoms with Gasteiger partial charge in [0.05, 0.1) is 6.20 Å². The minimum Gasteiger partial charge on any atom is -0.455 e. The number of hydrogen-bond acceptors (Lipinski definition) is 3. The maximum Gasteiger partial charge on any atom is 0.178 e. The first-order chi connectivity index (χ1) is 8.58. The van der Waals surface area contributed by atoms with E-state index < -0.39 is 0 Å². The Labute approximate surface area is 106 Å². The first kappa shape index (κ1) is 12.3. The molecule has 0 aliphatic carbocycles. The summed E-state index contributed by atoms with van der Waals surface area (Å²) >= 11 is 0. The third-order valence-electron chi connectivity index (χ3n) is 2.88. The fraction of sp³-hybridized carbons (Fsp3) is 0.200. The van der Waals surface area contributed by atoms with Gasteiger partial charge in [-0.25, -0.2) is 4.98 Å². The molecule has 92 valence electrons. The summed E-state index contributed by atoms with van der Waals surface area (Å²) < 4.78 is 5.75. The molecule has 1 aromatic heterocycles. The SMILES string of the molecule is CC(=O)c1ccc(Oc2cccc(C)c2C)cn1. The van der Waals surface area contributed by atoms with Crippen molar-refractivity contribution in [1.82, 2.24) is 4.98 Å². The maximum atomic E-state index is 11.1. The van der Waals surface area contributed by atoms with Crippen LogP contribution in [-0.2, 0) is 0 Å². The minimum absolute atomic E-state index is 0.0479. The fourth-order valence-corrected chi connectivity index (χ4v) is 1.61. The van der Waals surface area contributed by atoms with Gasteiger partial charge in [-0.05, 0) is 43.2 Å². The van der Waals surface area contributed by atoms with Crippen molar-refractivity contribution in [2.24, 2.45) is 0 Å². The zero-order chi connectivity index (χ0) is 13.1. The summed E-state index contributed by atoms with van der Waals surface area (Å²) in [6.45, 7) is 5.55. The minimum atomic E-state index is -0.0479. The number of aromatic nitrogens is 1. The monoisotopic (exact) mass is 241 g/mol. The Hall–Kier alpha value is -2.16. The van der Waals surface area contributed by atoms with Crippen LogP contribution in [-0.4, -0.2) is 10.8 Å². The normalized spacial score (nSPS) is 10.2. The molecule has 2 aromatic rings. The summed E-state index contributed by atoms with van der Waals surface area (Å²) in [5.41, 5.74) is 2.73. The molecule has 0 N–H and O–H groups in total. The average Bonchev–Trinajstić information content (AvgIpc) is 2.36. The van der Waals surface area contributed by atoms with Crippen LogP contribution in [0.1, 0.15) is 28.5 Å². The second kappa shape index (κ2) is 5.00. The number of ketones is 1. The van der Waals surface area contributed by atoms with E-state index >= 15 is 0 Å². The molecular weight excluding hydrogens is 226 g/mol. The van der Waals surface area contributed by atoms with E-state index in [4.69, 9.17) is 4.74 Å². The average molecular weight is 241 g/mol. The van der Waals surface area contributed by atoms with Gasteiger partial charge in [0.25, 0.3) is 0 Å². The zero-order valence-electron chi connectivity index (χ0n) is 10.7. The molecule has 0 spiro atoms. The van der Waals surface area contributed by atoms with Crippen molar-refractivity contribution in [2.45, 2.75) is 20.8 Å². The topological polar surface area (TPSA) is 39.2 Å². The van der Waals surface area contributed by atoms with Crippen LogP contribution in [0.2, 0.25) is 0 Å². The zero-order valence-corrected chi connectivity index (χ0v) is 10.7. The summed E-state index contributed by atoms with van der Waals surface area (Å²) in [7, 11) is 0. The van der Waals surface area contributed by atoms with Gasteiger partial charge in [0.2, 0.25) is 0 Å². The first-order valence-electron chi connectivity index (χ1n) is 5.79. The van der Waals surface area contributed by atoms with E-state index in [1.54, 1.807) is 18.3 Å². The lowest BCUT2D eigenvalue weighted by Gasteiger charge is -2.10. The van der Waals surface area contributed by atoms with Crippen molar-refractivity contribution in [3.05, 3.63) is 53.3 Å². The maximum absolute atomic E-state index is 11.1. The highest BCUT2D eigenvalue weighted by Gasteiger charge is 2.05. The van der Waals surface area contributed by atoms with E-state index in [0.717, 1.165) is 11.3 Å². The van der Waals surface area contributed by atoms with E-state index in [-0.39, 0.29) is 5.78 Å². The number of Topliss-reactive ketones (excluding diaryl/α,β-unsaturated/α-hetero) is 1. The van der Waals surface area contributed by atoms with Gasteiger partial charge in [0, 0.05) is 6.92 Å². The summed E-state index contributed by atoms with van der Waals surface area (Å²) in [5, 5.41) is 0. The van der Waals surface area contributed by atoms with Crippen LogP contribution in [0.25, 0.3) is 0 Å². The lowest BCUT2D eigenvalue weighted by Crippen LogP contribution is -1.96. The Morgan fingerprint density at radius 2 is 1.94 bits per heavy atom. The molecule has 3 nitrogen and oxygen atoms in total. The standard InChI is InChI=1S/C15H15NO2/c1-10-5-4-6-15(11(10)2)18-13-7-8-14(12(3)17)16-9-13/h4-9H,1-3H3. The van der Waals surface area contributed by atoms with Gasteiger partial charge in [-0.1, -0.05) is 12.1 Å². The summed E-state index contributed by atoms with van der Waals surface area (Å²) in [6.07, 6.45) is 1.57. The largest absolute Gasteiger partial charge is 0.455 e. The molecule has 0 atom stereocenters. The highest BCUT2D eigenvalue weighted by Crippen LogP contribution is 2.26. The molecule has 0 fully saturated rings. The van der Waals surface area contributed by atoms with Crippen LogP contribution in [0.4, 0.5) is 0 Å². The summed E-state index contributed by atoms with van der Waals surface area (Å²) in [6, 6.07) is 9.34. The van der Waals surface area contributed by atoms with E-state index in [2.05, 4.69) is 4.98 Å². The Balaban J connectivity index is 2.24. The van der Waals surface area contributed by atoms with Gasteiger partial charge in [-0.3, -0.25) is 4.79 Å². The van der Waals surface area contributed by atoms with Gasteiger partial charge in [0.1, 0.15) is 17.2 Å². The van der Waals surface area contributed by atoms with Crippen molar-refractivity contribution in [2.75, 3.05) is 0 Å². The third kappa shape index (κ3) is 2.56. The molecule has 3 heteroatoms. The molecule has 0 bridgehead atoms. The molecular formula is C15H15NO2. The molecule has 0 radical (unpaired) electrons. The number of aryl methyl sites for hydroxylation is 1. The van der Waals surface area contributed by atoms with Gasteiger partial charge in [-0.15, -0.1) is 0 Å². The first-order valence-corrected chi connectivity index (χ1v) is 5.79.